The normalized spacial score (nSPS) is 23.1. The number of H-pyrrole nitrogens is 1. The fourth-order valence-corrected chi connectivity index (χ4v) is 6.74. The number of aliphatic hydroxyl groups excluding tert-OH is 1. The van der Waals surface area contributed by atoms with Crippen molar-refractivity contribution in [3.8, 4) is 11.5 Å². The van der Waals surface area contributed by atoms with Crippen molar-refractivity contribution in [3.05, 3.63) is 116 Å². The Labute approximate surface area is 240 Å². The fraction of sp³-hybridized carbons (Fsp3) is 0.290. The van der Waals surface area contributed by atoms with Crippen LogP contribution in [0.15, 0.2) is 92.3 Å². The monoisotopic (exact) mass is 574 g/mol. The lowest BCUT2D eigenvalue weighted by atomic mass is 9.79. The van der Waals surface area contributed by atoms with Gasteiger partial charge in [0.15, 0.2) is 0 Å². The number of aryl methyl sites for hydroxylation is 1. The molecule has 1 fully saturated rings. The summed E-state index contributed by atoms with van der Waals surface area (Å²) in [6.45, 7) is 1.65. The van der Waals surface area contributed by atoms with Crippen LogP contribution in [0.2, 0.25) is 0 Å². The molecule has 1 unspecified atom stereocenters. The summed E-state index contributed by atoms with van der Waals surface area (Å²) in [7, 11) is 3.26. The highest BCUT2D eigenvalue weighted by Gasteiger charge is 2.46. The molecule has 41 heavy (non-hydrogen) atoms. The molecule has 2 N–H and O–H groups in total. The first-order valence-electron chi connectivity index (χ1n) is 13.2. The van der Waals surface area contributed by atoms with Crippen LogP contribution in [0.3, 0.4) is 0 Å². The molecule has 212 valence electrons. The Morgan fingerprint density at radius 2 is 1.71 bits per heavy atom. The van der Waals surface area contributed by atoms with Crippen LogP contribution in [0.1, 0.15) is 34.9 Å². The lowest BCUT2D eigenvalue weighted by Gasteiger charge is -2.41. The number of nitrogens with one attached hydrogen (secondary N) is 1. The summed E-state index contributed by atoms with van der Waals surface area (Å²) in [5.41, 5.74) is 1.08. The smallest absolute Gasteiger partial charge is 0.330 e. The van der Waals surface area contributed by atoms with Crippen molar-refractivity contribution >= 4 is 11.8 Å². The van der Waals surface area contributed by atoms with Gasteiger partial charge in [-0.25, -0.2) is 4.79 Å². The van der Waals surface area contributed by atoms with E-state index in [1.165, 1.54) is 10.8 Å². The Bertz CT molecular complexity index is 1700. The highest BCUT2D eigenvalue weighted by molar-refractivity contribution is 7.99. The Morgan fingerprint density at radius 3 is 2.46 bits per heavy atom. The Morgan fingerprint density at radius 1 is 1.00 bits per heavy atom. The van der Waals surface area contributed by atoms with Gasteiger partial charge in [0.1, 0.15) is 29.4 Å². The highest BCUT2D eigenvalue weighted by Crippen LogP contribution is 2.54. The number of rotatable bonds is 7. The van der Waals surface area contributed by atoms with Crippen LogP contribution >= 0.6 is 11.8 Å². The molecule has 0 saturated carbocycles. The average Bonchev–Trinajstić information content (AvgIpc) is 3.36. The van der Waals surface area contributed by atoms with Gasteiger partial charge in [-0.1, -0.05) is 48.2 Å². The van der Waals surface area contributed by atoms with Gasteiger partial charge in [0.2, 0.25) is 0 Å². The SMILES string of the molecule is COc1ccc(C2(OC[C@H]3O[C@@H](n4cc(C)c(=O)[nH]c4=O)C[C@@H]3O)c3ccccc3Sc3cc(OC)ccc32)cc1. The van der Waals surface area contributed by atoms with E-state index in [4.69, 9.17) is 18.9 Å². The fourth-order valence-electron chi connectivity index (χ4n) is 5.53. The Balaban J connectivity index is 1.42. The van der Waals surface area contributed by atoms with E-state index < -0.39 is 35.3 Å². The van der Waals surface area contributed by atoms with Gasteiger partial charge in [-0.05, 0) is 42.8 Å². The first kappa shape index (κ1) is 27.3. The number of hydrogen-bond acceptors (Lipinski definition) is 8. The minimum absolute atomic E-state index is 0.0330. The van der Waals surface area contributed by atoms with Crippen molar-refractivity contribution in [2.45, 2.75) is 47.2 Å². The van der Waals surface area contributed by atoms with Crippen LogP contribution in [0, 0.1) is 6.92 Å². The second-order valence-electron chi connectivity index (χ2n) is 10.1. The van der Waals surface area contributed by atoms with Gasteiger partial charge in [0, 0.05) is 39.1 Å². The van der Waals surface area contributed by atoms with E-state index in [1.54, 1.807) is 32.9 Å². The number of aromatic nitrogens is 2. The van der Waals surface area contributed by atoms with Crippen LogP contribution in [-0.2, 0) is 15.1 Å². The van der Waals surface area contributed by atoms with Gasteiger partial charge in [0.25, 0.3) is 5.56 Å². The van der Waals surface area contributed by atoms with Gasteiger partial charge in [-0.2, -0.15) is 0 Å². The summed E-state index contributed by atoms with van der Waals surface area (Å²) in [5.74, 6) is 1.45. The number of hydrogen-bond donors (Lipinski definition) is 2. The summed E-state index contributed by atoms with van der Waals surface area (Å²) in [6.07, 6.45) is -0.730. The van der Waals surface area contributed by atoms with E-state index in [0.29, 0.717) is 5.56 Å². The zero-order chi connectivity index (χ0) is 28.7. The van der Waals surface area contributed by atoms with E-state index in [1.807, 2.05) is 54.6 Å². The molecule has 0 spiro atoms. The predicted molar refractivity (Wildman–Crippen MR) is 153 cm³/mol. The van der Waals surface area contributed by atoms with Gasteiger partial charge in [0.05, 0.1) is 26.9 Å². The second kappa shape index (κ2) is 10.9. The summed E-state index contributed by atoms with van der Waals surface area (Å²) in [5, 5.41) is 11.0. The molecule has 10 heteroatoms. The maximum Gasteiger partial charge on any atom is 0.330 e. The van der Waals surface area contributed by atoms with Crippen LogP contribution in [0.5, 0.6) is 11.5 Å². The summed E-state index contributed by atoms with van der Waals surface area (Å²) in [4.78, 5) is 28.7. The van der Waals surface area contributed by atoms with E-state index in [-0.39, 0.29) is 13.0 Å². The number of methoxy groups -OCH3 is 2. The Hall–Kier alpha value is -3.83. The summed E-state index contributed by atoms with van der Waals surface area (Å²) in [6, 6.07) is 21.8. The van der Waals surface area contributed by atoms with Crippen molar-refractivity contribution < 1.29 is 24.1 Å². The number of benzene rings is 3. The topological polar surface area (TPSA) is 112 Å². The summed E-state index contributed by atoms with van der Waals surface area (Å²) >= 11 is 1.64. The molecule has 4 aromatic rings. The van der Waals surface area contributed by atoms with E-state index in [2.05, 4.69) is 17.1 Å². The van der Waals surface area contributed by atoms with Gasteiger partial charge in [-0.3, -0.25) is 14.3 Å². The number of ether oxygens (including phenoxy) is 4. The highest BCUT2D eigenvalue weighted by atomic mass is 32.2. The molecule has 2 aliphatic heterocycles. The molecule has 9 nitrogen and oxygen atoms in total. The van der Waals surface area contributed by atoms with E-state index in [0.717, 1.165) is 38.0 Å². The van der Waals surface area contributed by atoms with Gasteiger partial charge in [-0.15, -0.1) is 0 Å². The third-order valence-corrected chi connectivity index (χ3v) is 8.81. The standard InChI is InChI=1S/C31H30N2O7S/c1-18-16-33(30(36)32-29(18)35)28-15-24(34)25(40-28)17-39-31(19-8-10-20(37-2)11-9-19)22-6-4-5-7-26(22)41-27-14-21(38-3)12-13-23(27)31/h4-14,16,24-25,28,34H,15,17H2,1-3H3,(H,32,35,36)/t24-,25+,28+,31?/m0/s1. The molecule has 6 rings (SSSR count). The molecule has 0 radical (unpaired) electrons. The first-order chi connectivity index (χ1) is 19.8. The van der Waals surface area contributed by atoms with Crippen LogP contribution < -0.4 is 20.7 Å². The molecule has 0 bridgehead atoms. The largest absolute Gasteiger partial charge is 0.497 e. The molecule has 4 atom stereocenters. The Kier molecular flexibility index (Phi) is 7.25. The van der Waals surface area contributed by atoms with Crippen molar-refractivity contribution in [1.29, 1.82) is 0 Å². The molecule has 1 saturated heterocycles. The minimum Gasteiger partial charge on any atom is -0.497 e. The van der Waals surface area contributed by atoms with Crippen molar-refractivity contribution in [2.24, 2.45) is 0 Å². The summed E-state index contributed by atoms with van der Waals surface area (Å²) < 4.78 is 25.4. The van der Waals surface area contributed by atoms with Crippen molar-refractivity contribution in [3.63, 3.8) is 0 Å². The molecule has 3 aromatic carbocycles. The zero-order valence-corrected chi connectivity index (χ0v) is 23.6. The predicted octanol–water partition coefficient (Wildman–Crippen LogP) is 3.98. The molecular weight excluding hydrogens is 544 g/mol. The zero-order valence-electron chi connectivity index (χ0n) is 22.8. The van der Waals surface area contributed by atoms with E-state index in [9.17, 15) is 14.7 Å². The van der Waals surface area contributed by atoms with Crippen LogP contribution in [0.4, 0.5) is 0 Å². The van der Waals surface area contributed by atoms with Crippen LogP contribution in [0.25, 0.3) is 0 Å². The molecule has 0 amide bonds. The molecule has 2 aliphatic rings. The maximum absolute atomic E-state index is 12.5. The van der Waals surface area contributed by atoms with Crippen molar-refractivity contribution in [1.82, 2.24) is 9.55 Å². The molecule has 0 aliphatic carbocycles. The number of aromatic amines is 1. The molecule has 3 heterocycles. The lowest BCUT2D eigenvalue weighted by Crippen LogP contribution is -2.40. The number of fused-ring (bicyclic) bond motifs is 2. The van der Waals surface area contributed by atoms with Gasteiger partial charge >= 0.3 is 5.69 Å². The van der Waals surface area contributed by atoms with Crippen molar-refractivity contribution in [2.75, 3.05) is 20.8 Å². The first-order valence-corrected chi connectivity index (χ1v) is 14.1. The third kappa shape index (κ3) is 4.76. The number of nitrogens with zero attached hydrogens (tertiary/aromatic N) is 1. The lowest BCUT2D eigenvalue weighted by molar-refractivity contribution is -0.0958. The van der Waals surface area contributed by atoms with Crippen LogP contribution in [-0.4, -0.2) is 47.7 Å². The minimum atomic E-state index is -1.04. The average molecular weight is 575 g/mol. The third-order valence-electron chi connectivity index (χ3n) is 7.68. The maximum atomic E-state index is 12.5. The molecular formula is C31H30N2O7S. The second-order valence-corrected chi connectivity index (χ2v) is 11.2. The van der Waals surface area contributed by atoms with E-state index >= 15 is 0 Å². The molecule has 1 aromatic heterocycles. The van der Waals surface area contributed by atoms with Gasteiger partial charge < -0.3 is 24.1 Å². The quantitative estimate of drug-likeness (QED) is 0.341. The number of aliphatic hydroxyl groups is 1.